The normalized spacial score (nSPS) is 12.4. The minimum absolute atomic E-state index is 0.000631. The highest BCUT2D eigenvalue weighted by Crippen LogP contribution is 2.38. The van der Waals surface area contributed by atoms with Crippen molar-refractivity contribution in [2.24, 2.45) is 17.3 Å². The zero-order valence-electron chi connectivity index (χ0n) is 15.4. The molecule has 1 aromatic carbocycles. The van der Waals surface area contributed by atoms with Crippen LogP contribution in [-0.4, -0.2) is 40.5 Å². The van der Waals surface area contributed by atoms with Gasteiger partial charge in [-0.25, -0.2) is 13.4 Å². The maximum atomic E-state index is 12.5. The lowest BCUT2D eigenvalue weighted by Crippen LogP contribution is -2.30. The van der Waals surface area contributed by atoms with E-state index < -0.39 is 10.0 Å². The maximum absolute atomic E-state index is 12.5. The van der Waals surface area contributed by atoms with E-state index in [1.165, 1.54) is 22.6 Å². The lowest BCUT2D eigenvalue weighted by Gasteiger charge is -2.17. The van der Waals surface area contributed by atoms with Crippen LogP contribution in [0.2, 0.25) is 0 Å². The van der Waals surface area contributed by atoms with Crippen LogP contribution in [0.25, 0.3) is 10.9 Å². The van der Waals surface area contributed by atoms with Crippen LogP contribution < -0.4 is 0 Å². The predicted octanol–water partition coefficient (Wildman–Crippen LogP) is 3.72. The summed E-state index contributed by atoms with van der Waals surface area (Å²) in [5.74, 6) is 0.251. The zero-order valence-corrected chi connectivity index (χ0v) is 16.2. The van der Waals surface area contributed by atoms with E-state index in [1.807, 2.05) is 24.3 Å². The second-order valence-electron chi connectivity index (χ2n) is 5.89. The Bertz CT molecular complexity index is 1080. The van der Waals surface area contributed by atoms with Crippen molar-refractivity contribution in [1.82, 2.24) is 13.9 Å². The fraction of sp³-hybridized carbons (Fsp3) is 0.278. The Hall–Kier alpha value is -2.78. The van der Waals surface area contributed by atoms with E-state index in [-0.39, 0.29) is 16.6 Å². The number of hydrogen-bond acceptors (Lipinski definition) is 6. The van der Waals surface area contributed by atoms with Crippen LogP contribution in [0.5, 0.6) is 5.88 Å². The molecule has 2 heterocycles. The highest BCUT2D eigenvalue weighted by molar-refractivity contribution is 7.89. The summed E-state index contributed by atoms with van der Waals surface area (Å²) in [4.78, 5) is 4.18. The molecule has 0 saturated heterocycles. The van der Waals surface area contributed by atoms with E-state index in [0.29, 0.717) is 18.8 Å². The predicted molar refractivity (Wildman–Crippen MR) is 103 cm³/mol. The van der Waals surface area contributed by atoms with Crippen LogP contribution in [0.3, 0.4) is 0 Å². The highest BCUT2D eigenvalue weighted by atomic mass is 32.2. The lowest BCUT2D eigenvalue weighted by molar-refractivity contribution is 0.436. The fourth-order valence-corrected chi connectivity index (χ4v) is 4.26. The van der Waals surface area contributed by atoms with Crippen LogP contribution >= 0.6 is 0 Å². The number of rotatable bonds is 6. The van der Waals surface area contributed by atoms with E-state index in [2.05, 4.69) is 15.2 Å². The molecule has 0 amide bonds. The second-order valence-corrected chi connectivity index (χ2v) is 7.83. The molecule has 0 radical (unpaired) electrons. The molecule has 142 valence electrons. The molecule has 1 N–H and O–H groups in total. The first-order valence-corrected chi connectivity index (χ1v) is 9.98. The summed E-state index contributed by atoms with van der Waals surface area (Å²) in [6.07, 6.45) is 1.27. The molecular weight excluding hydrogens is 366 g/mol. The molecule has 0 atom stereocenters. The minimum atomic E-state index is -3.56. The van der Waals surface area contributed by atoms with Crippen molar-refractivity contribution in [3.63, 3.8) is 0 Å². The molecule has 8 nitrogen and oxygen atoms in total. The molecule has 0 fully saturated rings. The van der Waals surface area contributed by atoms with E-state index in [0.717, 1.165) is 10.9 Å². The average molecular weight is 387 g/mol. The van der Waals surface area contributed by atoms with Crippen molar-refractivity contribution in [3.8, 4) is 5.88 Å². The summed E-state index contributed by atoms with van der Waals surface area (Å²) in [7, 11) is -1.82. The smallest absolute Gasteiger partial charge is 0.244 e. The molecule has 0 aliphatic rings. The summed E-state index contributed by atoms with van der Waals surface area (Å²) >= 11 is 0. The van der Waals surface area contributed by atoms with Gasteiger partial charge in [-0.2, -0.15) is 4.31 Å². The Morgan fingerprint density at radius 3 is 2.44 bits per heavy atom. The summed E-state index contributed by atoms with van der Waals surface area (Å²) in [6.45, 7) is 4.35. The van der Waals surface area contributed by atoms with Gasteiger partial charge in [0.15, 0.2) is 11.5 Å². The van der Waals surface area contributed by atoms with Gasteiger partial charge in [0, 0.05) is 31.7 Å². The van der Waals surface area contributed by atoms with Crippen molar-refractivity contribution in [2.75, 3.05) is 13.1 Å². The van der Waals surface area contributed by atoms with E-state index in [1.54, 1.807) is 25.5 Å². The van der Waals surface area contributed by atoms with Crippen LogP contribution in [0.4, 0.5) is 11.5 Å². The summed E-state index contributed by atoms with van der Waals surface area (Å²) in [6, 6.07) is 10.4. The Morgan fingerprint density at radius 2 is 1.81 bits per heavy atom. The van der Waals surface area contributed by atoms with Gasteiger partial charge in [-0.3, -0.25) is 0 Å². The number of fused-ring (bicyclic) bond motifs is 1. The molecule has 0 saturated carbocycles. The van der Waals surface area contributed by atoms with Gasteiger partial charge in [0.25, 0.3) is 0 Å². The topological polar surface area (TPSA) is 100 Å². The van der Waals surface area contributed by atoms with E-state index >= 15 is 0 Å². The van der Waals surface area contributed by atoms with Crippen LogP contribution in [0.15, 0.2) is 57.7 Å². The average Bonchev–Trinajstić information content (AvgIpc) is 2.92. The Morgan fingerprint density at radius 1 is 1.11 bits per heavy atom. The van der Waals surface area contributed by atoms with Crippen LogP contribution in [0, 0.1) is 0 Å². The molecule has 2 aromatic heterocycles. The van der Waals surface area contributed by atoms with Crippen molar-refractivity contribution >= 4 is 32.4 Å². The largest absolute Gasteiger partial charge is 0.493 e. The quantitative estimate of drug-likeness (QED) is 0.651. The second kappa shape index (κ2) is 7.45. The number of nitrogens with zero attached hydrogens (tertiary/aromatic N) is 5. The number of azo groups is 1. The molecule has 27 heavy (non-hydrogen) atoms. The first-order chi connectivity index (χ1) is 12.9. The standard InChI is InChI=1S/C18H21N5O3S/c1-4-23(5-2)27(25,26)13-10-11-16(19-12-13)20-21-17-14-8-6-7-9-15(14)22(3)18(17)24/h6-12,24H,4-5H2,1-3H3. The molecule has 3 rings (SSSR count). The van der Waals surface area contributed by atoms with Gasteiger partial charge < -0.3 is 9.67 Å². The number of pyridine rings is 1. The van der Waals surface area contributed by atoms with Crippen molar-refractivity contribution in [1.29, 1.82) is 0 Å². The molecule has 0 unspecified atom stereocenters. The van der Waals surface area contributed by atoms with Gasteiger partial charge in [-0.05, 0) is 18.2 Å². The van der Waals surface area contributed by atoms with Gasteiger partial charge in [-0.1, -0.05) is 32.0 Å². The number of aromatic hydroxyl groups is 1. The minimum Gasteiger partial charge on any atom is -0.493 e. The van der Waals surface area contributed by atoms with Gasteiger partial charge in [0.1, 0.15) is 4.90 Å². The SMILES string of the molecule is CCN(CC)S(=O)(=O)c1ccc(N=Nc2c(O)n(C)c3ccccc23)nc1. The number of benzene rings is 1. The maximum Gasteiger partial charge on any atom is 0.244 e. The number of aromatic nitrogens is 2. The van der Waals surface area contributed by atoms with Crippen molar-refractivity contribution in [3.05, 3.63) is 42.6 Å². The Balaban J connectivity index is 1.91. The molecule has 0 spiro atoms. The molecule has 0 bridgehead atoms. The molecule has 3 aromatic rings. The molecule has 9 heteroatoms. The Kier molecular flexibility index (Phi) is 5.24. The molecule has 0 aliphatic carbocycles. The molecule has 0 aliphatic heterocycles. The molecular formula is C18H21N5O3S. The number of aryl methyl sites for hydroxylation is 1. The van der Waals surface area contributed by atoms with Gasteiger partial charge in [0.05, 0.1) is 5.52 Å². The third-order valence-electron chi connectivity index (χ3n) is 4.37. The van der Waals surface area contributed by atoms with Gasteiger partial charge in [0.2, 0.25) is 15.9 Å². The summed E-state index contributed by atoms with van der Waals surface area (Å²) < 4.78 is 27.9. The lowest BCUT2D eigenvalue weighted by atomic mass is 10.2. The third-order valence-corrected chi connectivity index (χ3v) is 6.40. The summed E-state index contributed by atoms with van der Waals surface area (Å²) in [5, 5.41) is 19.2. The monoisotopic (exact) mass is 387 g/mol. The Labute approximate surface area is 157 Å². The van der Waals surface area contributed by atoms with Crippen LogP contribution in [-0.2, 0) is 17.1 Å². The van der Waals surface area contributed by atoms with Gasteiger partial charge >= 0.3 is 0 Å². The van der Waals surface area contributed by atoms with E-state index in [9.17, 15) is 13.5 Å². The summed E-state index contributed by atoms with van der Waals surface area (Å²) in [5.41, 5.74) is 1.17. The van der Waals surface area contributed by atoms with Crippen molar-refractivity contribution < 1.29 is 13.5 Å². The zero-order chi connectivity index (χ0) is 19.6. The number of sulfonamides is 1. The highest BCUT2D eigenvalue weighted by Gasteiger charge is 2.21. The number of para-hydroxylation sites is 1. The first kappa shape index (κ1) is 19.0. The van der Waals surface area contributed by atoms with Gasteiger partial charge in [-0.15, -0.1) is 10.2 Å². The van der Waals surface area contributed by atoms with E-state index in [4.69, 9.17) is 0 Å². The fourth-order valence-electron chi connectivity index (χ4n) is 2.86. The number of hydrogen-bond donors (Lipinski definition) is 1. The first-order valence-electron chi connectivity index (χ1n) is 8.54. The van der Waals surface area contributed by atoms with Crippen molar-refractivity contribution in [2.45, 2.75) is 18.7 Å². The van der Waals surface area contributed by atoms with Crippen LogP contribution in [0.1, 0.15) is 13.8 Å². The third kappa shape index (κ3) is 3.43.